The molecule has 0 aromatic carbocycles. The highest BCUT2D eigenvalue weighted by Gasteiger charge is 2.32. The zero-order valence-electron chi connectivity index (χ0n) is 12.9. The van der Waals surface area contributed by atoms with Gasteiger partial charge in [0.1, 0.15) is 11.5 Å². The van der Waals surface area contributed by atoms with E-state index in [9.17, 15) is 9.59 Å². The Hall–Kier alpha value is -1.53. The van der Waals surface area contributed by atoms with Gasteiger partial charge < -0.3 is 19.5 Å². The lowest BCUT2D eigenvalue weighted by molar-refractivity contribution is -0.138. The van der Waals surface area contributed by atoms with Crippen LogP contribution in [0.15, 0.2) is 10.5 Å². The summed E-state index contributed by atoms with van der Waals surface area (Å²) in [4.78, 5) is 28.3. The van der Waals surface area contributed by atoms with Gasteiger partial charge in [0.25, 0.3) is 5.91 Å². The molecule has 2 amide bonds. The first-order valence-corrected chi connectivity index (χ1v) is 7.42. The number of carbonyl (C=O) groups is 2. The Morgan fingerprint density at radius 3 is 2.18 bits per heavy atom. The molecule has 1 N–H and O–H groups in total. The van der Waals surface area contributed by atoms with Crippen LogP contribution < -0.4 is 5.32 Å². The molecule has 7 heteroatoms. The van der Waals surface area contributed by atoms with Crippen molar-refractivity contribution in [2.75, 3.05) is 39.3 Å². The molecule has 2 aliphatic heterocycles. The number of rotatable bonds is 2. The quantitative estimate of drug-likeness (QED) is 0.873. The number of piperazine rings is 1. The third-order valence-electron chi connectivity index (χ3n) is 4.28. The molecular weight excluding hydrogens is 306 g/mol. The van der Waals surface area contributed by atoms with Crippen molar-refractivity contribution in [3.63, 3.8) is 0 Å². The highest BCUT2D eigenvalue weighted by atomic mass is 35.5. The number of hydrogen-bond donors (Lipinski definition) is 1. The van der Waals surface area contributed by atoms with Gasteiger partial charge in [0.2, 0.25) is 5.91 Å². The fraction of sp³-hybridized carbons (Fsp3) is 0.600. The molecule has 2 fully saturated rings. The van der Waals surface area contributed by atoms with Crippen molar-refractivity contribution in [3.05, 3.63) is 23.2 Å². The minimum Gasteiger partial charge on any atom is -0.466 e. The summed E-state index contributed by atoms with van der Waals surface area (Å²) in [6, 6.07) is 1.79. The van der Waals surface area contributed by atoms with Crippen LogP contribution in [-0.4, -0.2) is 60.9 Å². The Kier molecular flexibility index (Phi) is 5.13. The molecular formula is C15H22ClN3O3. The summed E-state index contributed by atoms with van der Waals surface area (Å²) in [7, 11) is 0. The second-order valence-corrected chi connectivity index (χ2v) is 5.80. The van der Waals surface area contributed by atoms with Crippen molar-refractivity contribution in [2.45, 2.75) is 13.8 Å². The normalized spacial score (nSPS) is 18.6. The third kappa shape index (κ3) is 3.13. The average Bonchev–Trinajstić information content (AvgIpc) is 2.75. The molecule has 0 radical (unpaired) electrons. The molecule has 122 valence electrons. The highest BCUT2D eigenvalue weighted by Crippen LogP contribution is 2.18. The molecule has 0 aliphatic carbocycles. The lowest BCUT2D eigenvalue weighted by Crippen LogP contribution is -2.57. The number of nitrogens with zero attached hydrogens (tertiary/aromatic N) is 2. The molecule has 6 nitrogen and oxygen atoms in total. The maximum Gasteiger partial charge on any atom is 0.257 e. The van der Waals surface area contributed by atoms with Gasteiger partial charge in [0, 0.05) is 39.3 Å². The van der Waals surface area contributed by atoms with E-state index in [1.165, 1.54) is 0 Å². The summed E-state index contributed by atoms with van der Waals surface area (Å²) in [5.41, 5.74) is 0.635. The molecule has 3 rings (SSSR count). The van der Waals surface area contributed by atoms with Crippen molar-refractivity contribution in [2.24, 2.45) is 5.92 Å². The molecule has 1 aromatic heterocycles. The largest absolute Gasteiger partial charge is 0.466 e. The van der Waals surface area contributed by atoms with Crippen LogP contribution >= 0.6 is 12.4 Å². The fourth-order valence-electron chi connectivity index (χ4n) is 2.86. The van der Waals surface area contributed by atoms with Crippen LogP contribution in [0.2, 0.25) is 0 Å². The summed E-state index contributed by atoms with van der Waals surface area (Å²) < 4.78 is 5.42. The molecule has 0 atom stereocenters. The van der Waals surface area contributed by atoms with Crippen molar-refractivity contribution in [3.8, 4) is 0 Å². The fourth-order valence-corrected chi connectivity index (χ4v) is 2.86. The smallest absolute Gasteiger partial charge is 0.257 e. The lowest BCUT2D eigenvalue weighted by Gasteiger charge is -2.38. The van der Waals surface area contributed by atoms with Gasteiger partial charge in [-0.05, 0) is 19.9 Å². The zero-order valence-corrected chi connectivity index (χ0v) is 13.7. The molecule has 1 aromatic rings. The van der Waals surface area contributed by atoms with Gasteiger partial charge in [-0.25, -0.2) is 0 Å². The van der Waals surface area contributed by atoms with E-state index in [0.717, 1.165) is 18.8 Å². The number of nitrogens with one attached hydrogen (secondary N) is 1. The summed E-state index contributed by atoms with van der Waals surface area (Å²) in [5.74, 6) is 1.77. The Labute approximate surface area is 136 Å². The van der Waals surface area contributed by atoms with Gasteiger partial charge >= 0.3 is 0 Å². The van der Waals surface area contributed by atoms with E-state index in [0.29, 0.717) is 37.5 Å². The van der Waals surface area contributed by atoms with Crippen LogP contribution in [0.5, 0.6) is 0 Å². The van der Waals surface area contributed by atoms with Gasteiger partial charge in [0.15, 0.2) is 0 Å². The Bertz CT molecular complexity index is 560. The van der Waals surface area contributed by atoms with Crippen LogP contribution in [-0.2, 0) is 4.79 Å². The van der Waals surface area contributed by atoms with Crippen LogP contribution in [0.3, 0.4) is 0 Å². The molecule has 2 saturated heterocycles. The van der Waals surface area contributed by atoms with Gasteiger partial charge in [-0.2, -0.15) is 0 Å². The Morgan fingerprint density at radius 2 is 1.73 bits per heavy atom. The van der Waals surface area contributed by atoms with E-state index in [-0.39, 0.29) is 30.1 Å². The van der Waals surface area contributed by atoms with Gasteiger partial charge in [-0.15, -0.1) is 12.4 Å². The zero-order chi connectivity index (χ0) is 15.0. The topological polar surface area (TPSA) is 65.8 Å². The molecule has 0 unspecified atom stereocenters. The van der Waals surface area contributed by atoms with Crippen LogP contribution in [0.4, 0.5) is 0 Å². The summed E-state index contributed by atoms with van der Waals surface area (Å²) >= 11 is 0. The minimum atomic E-state index is 0. The van der Waals surface area contributed by atoms with Gasteiger partial charge in [0.05, 0.1) is 11.5 Å². The average molecular weight is 328 g/mol. The number of carbonyl (C=O) groups excluding carboxylic acids is 2. The number of hydrogen-bond acceptors (Lipinski definition) is 4. The van der Waals surface area contributed by atoms with E-state index in [2.05, 4.69) is 5.32 Å². The first-order valence-electron chi connectivity index (χ1n) is 7.42. The molecule has 2 aliphatic rings. The van der Waals surface area contributed by atoms with E-state index >= 15 is 0 Å². The monoisotopic (exact) mass is 327 g/mol. The summed E-state index contributed by atoms with van der Waals surface area (Å²) in [6.45, 7) is 7.64. The first kappa shape index (κ1) is 16.8. The molecule has 3 heterocycles. The second-order valence-electron chi connectivity index (χ2n) is 5.80. The maximum absolute atomic E-state index is 12.5. The predicted octanol–water partition coefficient (Wildman–Crippen LogP) is 0.822. The van der Waals surface area contributed by atoms with Crippen molar-refractivity contribution in [1.82, 2.24) is 15.1 Å². The summed E-state index contributed by atoms with van der Waals surface area (Å²) in [6.07, 6.45) is 0. The van der Waals surface area contributed by atoms with E-state index in [4.69, 9.17) is 4.42 Å². The molecule has 0 spiro atoms. The number of halogens is 1. The number of aryl methyl sites for hydroxylation is 2. The van der Waals surface area contributed by atoms with E-state index < -0.39 is 0 Å². The van der Waals surface area contributed by atoms with Crippen molar-refractivity contribution in [1.29, 1.82) is 0 Å². The third-order valence-corrected chi connectivity index (χ3v) is 4.28. The SMILES string of the molecule is Cc1cc(C(=O)N2CCN(C(=O)C3CNC3)CC2)c(C)o1.Cl. The molecule has 22 heavy (non-hydrogen) atoms. The summed E-state index contributed by atoms with van der Waals surface area (Å²) in [5, 5.41) is 3.12. The number of furan rings is 1. The van der Waals surface area contributed by atoms with Crippen LogP contribution in [0.25, 0.3) is 0 Å². The van der Waals surface area contributed by atoms with Gasteiger partial charge in [-0.3, -0.25) is 9.59 Å². The van der Waals surface area contributed by atoms with E-state index in [1.54, 1.807) is 11.0 Å². The Morgan fingerprint density at radius 1 is 1.14 bits per heavy atom. The Balaban J connectivity index is 0.00000176. The highest BCUT2D eigenvalue weighted by molar-refractivity contribution is 5.95. The second kappa shape index (κ2) is 6.71. The van der Waals surface area contributed by atoms with Gasteiger partial charge in [-0.1, -0.05) is 0 Å². The van der Waals surface area contributed by atoms with Crippen LogP contribution in [0.1, 0.15) is 21.9 Å². The van der Waals surface area contributed by atoms with Crippen molar-refractivity contribution >= 4 is 24.2 Å². The molecule has 0 bridgehead atoms. The van der Waals surface area contributed by atoms with E-state index in [1.807, 2.05) is 18.7 Å². The minimum absolute atomic E-state index is 0. The van der Waals surface area contributed by atoms with Crippen LogP contribution in [0, 0.1) is 19.8 Å². The standard InChI is InChI=1S/C15H21N3O3.ClH/c1-10-7-13(11(2)21-10)15(20)18-5-3-17(4-6-18)14(19)12-8-16-9-12;/h7,12,16H,3-6,8-9H2,1-2H3;1H. The predicted molar refractivity (Wildman–Crippen MR) is 84.3 cm³/mol. The first-order chi connectivity index (χ1) is 10.1. The molecule has 0 saturated carbocycles. The number of amides is 2. The van der Waals surface area contributed by atoms with Crippen molar-refractivity contribution < 1.29 is 14.0 Å². The maximum atomic E-state index is 12.5. The lowest BCUT2D eigenvalue weighted by atomic mass is 10.0.